The minimum Gasteiger partial charge on any atom is -0.380 e. The van der Waals surface area contributed by atoms with Gasteiger partial charge in [-0.15, -0.1) is 0 Å². The fourth-order valence-electron chi connectivity index (χ4n) is 0.832. The minimum absolute atomic E-state index is 0.142. The Morgan fingerprint density at radius 1 is 1.07 bits per heavy atom. The largest absolute Gasteiger partial charge is 0.380 e. The lowest BCUT2D eigenvalue weighted by Crippen LogP contribution is -2.21. The van der Waals surface area contributed by atoms with E-state index in [0.29, 0.717) is 19.1 Å². The Kier molecular flexibility index (Phi) is 6.36. The first-order valence-electron chi connectivity index (χ1n) is 5.15. The van der Waals surface area contributed by atoms with Crippen LogP contribution in [-0.2, 0) is 14.6 Å². The summed E-state index contributed by atoms with van der Waals surface area (Å²) in [5.41, 5.74) is 0. The molecule has 0 bridgehead atoms. The van der Waals surface area contributed by atoms with Crippen molar-refractivity contribution in [3.8, 4) is 0 Å². The van der Waals surface area contributed by atoms with Crippen molar-refractivity contribution in [3.63, 3.8) is 0 Å². The first-order chi connectivity index (χ1) is 6.36. The fourth-order valence-corrected chi connectivity index (χ4v) is 1.65. The van der Waals surface area contributed by atoms with Gasteiger partial charge in [-0.25, -0.2) is 8.42 Å². The monoisotopic (exact) mass is 222 g/mol. The summed E-state index contributed by atoms with van der Waals surface area (Å²) < 4.78 is 27.9. The van der Waals surface area contributed by atoms with E-state index in [1.165, 1.54) is 0 Å². The summed E-state index contributed by atoms with van der Waals surface area (Å²) in [7, 11) is -2.92. The van der Waals surface area contributed by atoms with Crippen molar-refractivity contribution in [1.29, 1.82) is 0 Å². The van der Waals surface area contributed by atoms with Gasteiger partial charge in [-0.2, -0.15) is 0 Å². The van der Waals surface area contributed by atoms with Crippen molar-refractivity contribution in [3.05, 3.63) is 0 Å². The fraction of sp³-hybridized carbons (Fsp3) is 1.00. The highest BCUT2D eigenvalue weighted by molar-refractivity contribution is 7.91. The normalized spacial score (nSPS) is 12.7. The zero-order chi connectivity index (χ0) is 11.2. The molecular weight excluding hydrogens is 200 g/mol. The Labute approximate surface area is 87.8 Å². The van der Waals surface area contributed by atoms with Crippen LogP contribution >= 0.6 is 0 Å². The molecule has 0 amide bonds. The molecule has 0 aliphatic rings. The van der Waals surface area contributed by atoms with Gasteiger partial charge >= 0.3 is 0 Å². The van der Waals surface area contributed by atoms with Crippen molar-refractivity contribution < 1.29 is 13.2 Å². The number of ether oxygens (including phenoxy) is 1. The third-order valence-corrected chi connectivity index (χ3v) is 4.24. The van der Waals surface area contributed by atoms with E-state index in [1.807, 2.05) is 0 Å². The summed E-state index contributed by atoms with van der Waals surface area (Å²) in [5, 5.41) is -0.295. The first kappa shape index (κ1) is 13.9. The highest BCUT2D eigenvalue weighted by Gasteiger charge is 2.15. The van der Waals surface area contributed by atoms with Crippen molar-refractivity contribution >= 4 is 9.84 Å². The predicted octanol–water partition coefficient (Wildman–Crippen LogP) is 1.87. The minimum atomic E-state index is -2.92. The van der Waals surface area contributed by atoms with Crippen LogP contribution in [0.2, 0.25) is 0 Å². The summed E-state index contributed by atoms with van der Waals surface area (Å²) in [4.78, 5) is 0. The molecule has 0 N–H and O–H groups in total. The molecule has 0 aromatic carbocycles. The van der Waals surface area contributed by atoms with Crippen LogP contribution in [0.4, 0.5) is 0 Å². The SMILES string of the molecule is CC(C)CCOCCS(=O)(=O)C(C)C. The molecular formula is C10H22O3S. The molecule has 0 aromatic heterocycles. The number of hydrogen-bond donors (Lipinski definition) is 0. The lowest BCUT2D eigenvalue weighted by atomic mass is 10.1. The van der Waals surface area contributed by atoms with E-state index in [1.54, 1.807) is 13.8 Å². The van der Waals surface area contributed by atoms with Crippen LogP contribution in [0.5, 0.6) is 0 Å². The summed E-state index contributed by atoms with van der Waals surface area (Å²) >= 11 is 0. The smallest absolute Gasteiger partial charge is 0.154 e. The van der Waals surface area contributed by atoms with E-state index in [0.717, 1.165) is 6.42 Å². The average Bonchev–Trinajstić information content (AvgIpc) is 2.02. The van der Waals surface area contributed by atoms with Gasteiger partial charge in [0.25, 0.3) is 0 Å². The highest BCUT2D eigenvalue weighted by Crippen LogP contribution is 2.02. The van der Waals surface area contributed by atoms with Gasteiger partial charge in [-0.1, -0.05) is 13.8 Å². The maximum atomic E-state index is 11.3. The zero-order valence-corrected chi connectivity index (χ0v) is 10.4. The lowest BCUT2D eigenvalue weighted by molar-refractivity contribution is 0.137. The number of hydrogen-bond acceptors (Lipinski definition) is 3. The van der Waals surface area contributed by atoms with Crippen LogP contribution in [-0.4, -0.2) is 32.6 Å². The highest BCUT2D eigenvalue weighted by atomic mass is 32.2. The molecule has 0 spiro atoms. The number of rotatable bonds is 7. The van der Waals surface area contributed by atoms with Gasteiger partial charge in [-0.05, 0) is 26.2 Å². The lowest BCUT2D eigenvalue weighted by Gasteiger charge is -2.09. The molecule has 0 unspecified atom stereocenters. The van der Waals surface area contributed by atoms with Crippen LogP contribution < -0.4 is 0 Å². The van der Waals surface area contributed by atoms with Gasteiger partial charge in [0.15, 0.2) is 9.84 Å². The van der Waals surface area contributed by atoms with E-state index in [9.17, 15) is 8.42 Å². The van der Waals surface area contributed by atoms with Gasteiger partial charge in [0.05, 0.1) is 17.6 Å². The molecule has 0 fully saturated rings. The second kappa shape index (κ2) is 6.40. The number of sulfone groups is 1. The molecule has 0 heterocycles. The standard InChI is InChI=1S/C10H22O3S/c1-9(2)5-6-13-7-8-14(11,12)10(3)4/h9-10H,5-8H2,1-4H3. The average molecular weight is 222 g/mol. The van der Waals surface area contributed by atoms with Gasteiger partial charge in [0.1, 0.15) is 0 Å². The van der Waals surface area contributed by atoms with E-state index in [4.69, 9.17) is 4.74 Å². The summed E-state index contributed by atoms with van der Waals surface area (Å²) in [5.74, 6) is 0.750. The molecule has 0 saturated heterocycles. The third kappa shape index (κ3) is 6.38. The molecule has 0 atom stereocenters. The maximum Gasteiger partial charge on any atom is 0.154 e. The molecule has 0 radical (unpaired) electrons. The molecule has 86 valence electrons. The van der Waals surface area contributed by atoms with Gasteiger partial charge in [-0.3, -0.25) is 0 Å². The van der Waals surface area contributed by atoms with Gasteiger partial charge in [0.2, 0.25) is 0 Å². The quantitative estimate of drug-likeness (QED) is 0.618. The molecule has 14 heavy (non-hydrogen) atoms. The first-order valence-corrected chi connectivity index (χ1v) is 6.87. The Morgan fingerprint density at radius 3 is 2.07 bits per heavy atom. The Hall–Kier alpha value is -0.0900. The molecule has 0 saturated carbocycles. The summed E-state index contributed by atoms with van der Waals surface area (Å²) in [6, 6.07) is 0. The third-order valence-electron chi connectivity index (χ3n) is 2.07. The van der Waals surface area contributed by atoms with Crippen LogP contribution in [0, 0.1) is 5.92 Å². The molecule has 4 heteroatoms. The summed E-state index contributed by atoms with van der Waals surface area (Å²) in [6.45, 7) is 8.62. The molecule has 0 aliphatic carbocycles. The van der Waals surface area contributed by atoms with Crippen LogP contribution in [0.1, 0.15) is 34.1 Å². The topological polar surface area (TPSA) is 43.4 Å². The molecule has 0 rings (SSSR count). The summed E-state index contributed by atoms with van der Waals surface area (Å²) in [6.07, 6.45) is 0.988. The van der Waals surface area contributed by atoms with E-state index in [2.05, 4.69) is 13.8 Å². The molecule has 0 aliphatic heterocycles. The molecule has 0 aromatic rings. The van der Waals surface area contributed by atoms with Crippen molar-refractivity contribution in [2.45, 2.75) is 39.4 Å². The Morgan fingerprint density at radius 2 is 1.64 bits per heavy atom. The Balaban J connectivity index is 3.55. The van der Waals surface area contributed by atoms with Crippen molar-refractivity contribution in [2.24, 2.45) is 5.92 Å². The van der Waals surface area contributed by atoms with Crippen molar-refractivity contribution in [2.75, 3.05) is 19.0 Å². The maximum absolute atomic E-state index is 11.3. The second-order valence-electron chi connectivity index (χ2n) is 4.21. The van der Waals surface area contributed by atoms with Crippen LogP contribution in [0.25, 0.3) is 0 Å². The van der Waals surface area contributed by atoms with Crippen LogP contribution in [0.3, 0.4) is 0 Å². The molecule has 3 nitrogen and oxygen atoms in total. The van der Waals surface area contributed by atoms with Gasteiger partial charge in [0, 0.05) is 6.61 Å². The predicted molar refractivity (Wildman–Crippen MR) is 59.2 cm³/mol. The van der Waals surface area contributed by atoms with E-state index in [-0.39, 0.29) is 11.0 Å². The van der Waals surface area contributed by atoms with E-state index < -0.39 is 9.84 Å². The Bertz CT molecular complexity index is 230. The zero-order valence-electron chi connectivity index (χ0n) is 9.62. The van der Waals surface area contributed by atoms with Crippen molar-refractivity contribution in [1.82, 2.24) is 0 Å². The van der Waals surface area contributed by atoms with Crippen LogP contribution in [0.15, 0.2) is 0 Å². The van der Waals surface area contributed by atoms with E-state index >= 15 is 0 Å². The van der Waals surface area contributed by atoms with Gasteiger partial charge < -0.3 is 4.74 Å². The second-order valence-corrected chi connectivity index (χ2v) is 6.89.